The average Bonchev–Trinajstić information content (AvgIpc) is 2.76. The van der Waals surface area contributed by atoms with E-state index in [1.165, 1.54) is 26.7 Å². The highest BCUT2D eigenvalue weighted by atomic mass is 32.2. The number of hydrogen-bond acceptors (Lipinski definition) is 3. The van der Waals surface area contributed by atoms with E-state index in [-0.39, 0.29) is 0 Å². The molecule has 0 N–H and O–H groups in total. The Kier molecular flexibility index (Phi) is 4.68. The maximum absolute atomic E-state index is 4.90. The first-order valence-corrected chi connectivity index (χ1v) is 10.7. The van der Waals surface area contributed by atoms with E-state index >= 15 is 0 Å². The summed E-state index contributed by atoms with van der Waals surface area (Å²) in [5.41, 5.74) is 5.73. The summed E-state index contributed by atoms with van der Waals surface area (Å²) in [5, 5.41) is 0. The van der Waals surface area contributed by atoms with Gasteiger partial charge < -0.3 is 9.47 Å². The van der Waals surface area contributed by atoms with Crippen LogP contribution in [0.15, 0.2) is 99.8 Å². The quantitative estimate of drug-likeness (QED) is 0.435. The van der Waals surface area contributed by atoms with Crippen molar-refractivity contribution >= 4 is 29.0 Å². The first-order chi connectivity index (χ1) is 14.6. The van der Waals surface area contributed by atoms with E-state index in [4.69, 9.17) is 4.99 Å². The van der Waals surface area contributed by atoms with Gasteiger partial charge in [-0.25, -0.2) is 4.57 Å². The molecule has 0 radical (unpaired) electrons. The van der Waals surface area contributed by atoms with Crippen LogP contribution in [-0.2, 0) is 14.1 Å². The molecule has 3 heterocycles. The van der Waals surface area contributed by atoms with Gasteiger partial charge in [0.1, 0.15) is 0 Å². The lowest BCUT2D eigenvalue weighted by atomic mass is 10.1. The molecule has 2 aromatic heterocycles. The molecule has 5 heteroatoms. The fourth-order valence-corrected chi connectivity index (χ4v) is 5.10. The molecule has 4 aromatic rings. The van der Waals surface area contributed by atoms with Gasteiger partial charge >= 0.3 is 5.82 Å². The van der Waals surface area contributed by atoms with E-state index in [1.54, 1.807) is 0 Å². The molecule has 0 amide bonds. The summed E-state index contributed by atoms with van der Waals surface area (Å²) in [7, 11) is 6.25. The molecule has 0 saturated carbocycles. The van der Waals surface area contributed by atoms with E-state index in [0.717, 1.165) is 17.0 Å². The summed E-state index contributed by atoms with van der Waals surface area (Å²) in [4.78, 5) is 9.76. The highest BCUT2D eigenvalue weighted by Crippen LogP contribution is 2.50. The Balaban J connectivity index is 1.69. The van der Waals surface area contributed by atoms with Gasteiger partial charge in [0.25, 0.3) is 0 Å². The van der Waals surface area contributed by atoms with E-state index in [2.05, 4.69) is 84.2 Å². The third kappa shape index (κ3) is 3.12. The number of nitrogens with zero attached hydrogens (tertiary/aromatic N) is 4. The van der Waals surface area contributed by atoms with Crippen molar-refractivity contribution in [2.45, 2.75) is 9.79 Å². The van der Waals surface area contributed by atoms with Crippen LogP contribution in [0.25, 0.3) is 11.3 Å². The molecule has 2 aromatic carbocycles. The molecule has 148 valence electrons. The molecule has 0 bridgehead atoms. The van der Waals surface area contributed by atoms with Crippen molar-refractivity contribution in [1.29, 1.82) is 0 Å². The van der Waals surface area contributed by atoms with E-state index in [0.29, 0.717) is 0 Å². The molecule has 0 spiro atoms. The number of fused-ring (bicyclic) bond motifs is 2. The van der Waals surface area contributed by atoms with E-state index < -0.39 is 0 Å². The fraction of sp³-hybridized carbons (Fsp3) is 0.120. The summed E-state index contributed by atoms with van der Waals surface area (Å²) in [5.74, 6) is 0.918. The van der Waals surface area contributed by atoms with Crippen LogP contribution >= 0.6 is 11.8 Å². The van der Waals surface area contributed by atoms with Crippen LogP contribution in [0.2, 0.25) is 0 Å². The molecule has 5 rings (SSSR count). The lowest BCUT2D eigenvalue weighted by Gasteiger charge is -2.31. The summed E-state index contributed by atoms with van der Waals surface area (Å²) < 4.78 is 4.19. The largest absolute Gasteiger partial charge is 0.342 e. The van der Waals surface area contributed by atoms with Gasteiger partial charge in [-0.1, -0.05) is 48.2 Å². The SMILES string of the molecule is CN1c2ccccc2Sc2cccc(-c3ccc/c(=N/c4cccc[n+]4C)n3C)c21. The second-order valence-electron chi connectivity index (χ2n) is 7.39. The lowest BCUT2D eigenvalue weighted by Crippen LogP contribution is -2.29. The molecule has 0 aliphatic carbocycles. The first kappa shape index (κ1) is 18.7. The smallest absolute Gasteiger partial charge is 0.325 e. The van der Waals surface area contributed by atoms with Crippen molar-refractivity contribution in [1.82, 2.24) is 4.57 Å². The van der Waals surface area contributed by atoms with Crippen molar-refractivity contribution in [3.63, 3.8) is 0 Å². The normalized spacial score (nSPS) is 13.2. The minimum Gasteiger partial charge on any atom is -0.342 e. The van der Waals surface area contributed by atoms with Crippen LogP contribution in [0.5, 0.6) is 0 Å². The van der Waals surface area contributed by atoms with Crippen molar-refractivity contribution in [3.05, 3.63) is 90.5 Å². The number of pyridine rings is 2. The molecule has 0 atom stereocenters. The molecular formula is C25H23N4S+. The minimum atomic E-state index is 0.915. The molecule has 1 aliphatic heterocycles. The predicted molar refractivity (Wildman–Crippen MR) is 122 cm³/mol. The standard InChI is InChI=1S/C25H23N4S/c1-27-17-7-6-15-23(27)26-24-16-9-12-19(28(24)2)18-10-8-14-22-25(18)29(3)20-11-4-5-13-21(20)30-22/h4-17H,1-3H3/q+1. The van der Waals surface area contributed by atoms with Gasteiger partial charge in [0.05, 0.1) is 30.3 Å². The molecule has 0 fully saturated rings. The topological polar surface area (TPSA) is 24.4 Å². The second kappa shape index (κ2) is 7.50. The number of aryl methyl sites for hydroxylation is 1. The summed E-state index contributed by atoms with van der Waals surface area (Å²) >= 11 is 1.83. The molecule has 0 saturated heterocycles. The van der Waals surface area contributed by atoms with Crippen LogP contribution in [0.4, 0.5) is 17.2 Å². The minimum absolute atomic E-state index is 0.915. The maximum atomic E-state index is 4.90. The summed E-state index contributed by atoms with van der Waals surface area (Å²) in [6, 6.07) is 27.5. The average molecular weight is 412 g/mol. The van der Waals surface area contributed by atoms with Gasteiger partial charge in [-0.2, -0.15) is 0 Å². The highest BCUT2D eigenvalue weighted by molar-refractivity contribution is 7.99. The number of rotatable bonds is 2. The molecule has 4 nitrogen and oxygen atoms in total. The highest BCUT2D eigenvalue weighted by Gasteiger charge is 2.24. The van der Waals surface area contributed by atoms with Gasteiger partial charge in [-0.05, 0) is 35.3 Å². The Morgan fingerprint density at radius 3 is 2.43 bits per heavy atom. The number of aromatic nitrogens is 2. The van der Waals surface area contributed by atoms with Crippen LogP contribution in [0, 0.1) is 0 Å². The Morgan fingerprint density at radius 2 is 1.57 bits per heavy atom. The van der Waals surface area contributed by atoms with Crippen molar-refractivity contribution < 1.29 is 4.57 Å². The van der Waals surface area contributed by atoms with Crippen LogP contribution < -0.4 is 15.0 Å². The van der Waals surface area contributed by atoms with Gasteiger partial charge in [-0.3, -0.25) is 0 Å². The Bertz CT molecular complexity index is 1320. The van der Waals surface area contributed by atoms with Gasteiger partial charge in [0, 0.05) is 41.6 Å². The molecule has 30 heavy (non-hydrogen) atoms. The van der Waals surface area contributed by atoms with Crippen LogP contribution in [0.3, 0.4) is 0 Å². The number of para-hydroxylation sites is 2. The zero-order chi connectivity index (χ0) is 20.7. The monoisotopic (exact) mass is 411 g/mol. The molecule has 1 aliphatic rings. The molecular weight excluding hydrogens is 388 g/mol. The Labute approximate surface area is 180 Å². The van der Waals surface area contributed by atoms with E-state index in [9.17, 15) is 0 Å². The second-order valence-corrected chi connectivity index (χ2v) is 8.47. The van der Waals surface area contributed by atoms with E-state index in [1.807, 2.05) is 47.8 Å². The predicted octanol–water partition coefficient (Wildman–Crippen LogP) is 4.98. The Morgan fingerprint density at radius 1 is 0.800 bits per heavy atom. The van der Waals surface area contributed by atoms with Crippen LogP contribution in [0.1, 0.15) is 0 Å². The van der Waals surface area contributed by atoms with Crippen molar-refractivity contribution in [2.24, 2.45) is 19.1 Å². The fourth-order valence-electron chi connectivity index (χ4n) is 3.92. The van der Waals surface area contributed by atoms with Gasteiger partial charge in [0.15, 0.2) is 0 Å². The third-order valence-corrected chi connectivity index (χ3v) is 6.63. The first-order valence-electron chi connectivity index (χ1n) is 9.93. The van der Waals surface area contributed by atoms with Crippen LogP contribution in [-0.4, -0.2) is 11.6 Å². The number of anilines is 2. The Hall–Kier alpha value is -3.31. The van der Waals surface area contributed by atoms with Crippen molar-refractivity contribution in [2.75, 3.05) is 11.9 Å². The zero-order valence-electron chi connectivity index (χ0n) is 17.3. The third-order valence-electron chi connectivity index (χ3n) is 5.52. The van der Waals surface area contributed by atoms with Crippen molar-refractivity contribution in [3.8, 4) is 11.3 Å². The summed E-state index contributed by atoms with van der Waals surface area (Å²) in [6.45, 7) is 0. The number of benzene rings is 2. The summed E-state index contributed by atoms with van der Waals surface area (Å²) in [6.07, 6.45) is 2.01. The lowest BCUT2D eigenvalue weighted by molar-refractivity contribution is -0.658. The molecule has 0 unspecified atom stereocenters. The maximum Gasteiger partial charge on any atom is 0.325 e. The zero-order valence-corrected chi connectivity index (χ0v) is 18.1. The number of hydrogen-bond donors (Lipinski definition) is 0. The van der Waals surface area contributed by atoms with Gasteiger partial charge in [-0.15, -0.1) is 0 Å². The van der Waals surface area contributed by atoms with Gasteiger partial charge in [0.2, 0.25) is 5.49 Å².